The predicted octanol–water partition coefficient (Wildman–Crippen LogP) is 1.12. The van der Waals surface area contributed by atoms with Crippen LogP contribution in [0.25, 0.3) is 0 Å². The molecule has 0 spiro atoms. The molecule has 5 atom stereocenters. The summed E-state index contributed by atoms with van der Waals surface area (Å²) in [5, 5.41) is 0. The van der Waals surface area contributed by atoms with Crippen molar-refractivity contribution in [3.05, 3.63) is 0 Å². The van der Waals surface area contributed by atoms with Crippen LogP contribution in [0.2, 0.25) is 0 Å². The minimum atomic E-state index is -1.23. The van der Waals surface area contributed by atoms with Gasteiger partial charge in [-0.05, 0) is 30.9 Å². The first-order valence-electron chi connectivity index (χ1n) is 8.69. The number of thioether (sulfide) groups is 1. The Morgan fingerprint density at radius 3 is 1.83 bits per heavy atom. The second-order valence-corrected chi connectivity index (χ2v) is 7.57. The average Bonchev–Trinajstić information content (AvgIpc) is 2.57. The predicted molar refractivity (Wildman–Crippen MR) is 104 cm³/mol. The van der Waals surface area contributed by atoms with Gasteiger partial charge in [0.2, 0.25) is 4.38 Å². The summed E-state index contributed by atoms with van der Waals surface area (Å²) in [6.07, 6.45) is -4.60. The van der Waals surface area contributed by atoms with Crippen LogP contribution in [0, 0.1) is 0 Å². The molecule has 1 aliphatic rings. The minimum absolute atomic E-state index is 0.105. The van der Waals surface area contributed by atoms with Gasteiger partial charge in [-0.15, -0.1) is 0 Å². The van der Waals surface area contributed by atoms with Crippen LogP contribution in [0.1, 0.15) is 34.6 Å². The molecule has 0 amide bonds. The van der Waals surface area contributed by atoms with E-state index in [1.165, 1.54) is 13.8 Å². The highest BCUT2D eigenvalue weighted by atomic mass is 32.2. The number of esters is 4. The number of carbonyl (C=O) groups excluding carboxylic acids is 4. The van der Waals surface area contributed by atoms with Crippen molar-refractivity contribution in [3.63, 3.8) is 0 Å². The summed E-state index contributed by atoms with van der Waals surface area (Å²) >= 11 is 6.04. The highest BCUT2D eigenvalue weighted by Crippen LogP contribution is 2.35. The van der Waals surface area contributed by atoms with Gasteiger partial charge < -0.3 is 28.4 Å². The molecule has 12 heteroatoms. The topological polar surface area (TPSA) is 124 Å². The van der Waals surface area contributed by atoms with Crippen LogP contribution < -0.4 is 0 Å². The third kappa shape index (κ3) is 8.54. The Hall–Kier alpha value is -1.92. The smallest absolute Gasteiger partial charge is 0.303 e. The number of hydrogen-bond donors (Lipinski definition) is 0. The van der Waals surface area contributed by atoms with Gasteiger partial charge in [0, 0.05) is 27.7 Å². The third-order valence-electron chi connectivity index (χ3n) is 3.42. The number of rotatable bonds is 7. The second kappa shape index (κ2) is 11.9. The maximum absolute atomic E-state index is 11.7. The molecular formula is C17H24O10S2. The van der Waals surface area contributed by atoms with E-state index in [4.69, 9.17) is 40.6 Å². The van der Waals surface area contributed by atoms with Crippen molar-refractivity contribution in [2.45, 2.75) is 64.5 Å². The summed E-state index contributed by atoms with van der Waals surface area (Å²) < 4.78 is 32.1. The maximum atomic E-state index is 11.7. The highest BCUT2D eigenvalue weighted by molar-refractivity contribution is 8.22. The first-order valence-corrected chi connectivity index (χ1v) is 9.97. The van der Waals surface area contributed by atoms with Crippen molar-refractivity contribution in [1.29, 1.82) is 0 Å². The van der Waals surface area contributed by atoms with E-state index in [9.17, 15) is 19.2 Å². The monoisotopic (exact) mass is 452 g/mol. The summed E-state index contributed by atoms with van der Waals surface area (Å²) in [5.41, 5.74) is -0.977. The lowest BCUT2D eigenvalue weighted by Gasteiger charge is -2.43. The molecule has 0 saturated carbocycles. The molecule has 0 radical (unpaired) electrons. The molecule has 164 valence electrons. The molecule has 1 fully saturated rings. The average molecular weight is 453 g/mol. The van der Waals surface area contributed by atoms with Gasteiger partial charge >= 0.3 is 23.9 Å². The van der Waals surface area contributed by atoms with Gasteiger partial charge in [0.25, 0.3) is 0 Å². The molecule has 10 nitrogen and oxygen atoms in total. The summed E-state index contributed by atoms with van der Waals surface area (Å²) in [5.74, 6) is -2.66. The Labute approximate surface area is 177 Å². The quantitative estimate of drug-likeness (QED) is 0.312. The molecule has 0 aromatic carbocycles. The standard InChI is InChI=1S/C17H24O10S2/c1-6-22-17(28)29-16-15(26-11(5)21)14(25-10(4)20)13(24-9(3)19)12(27-16)7-23-8(2)18/h12-16H,6-7H2,1-5H3/t12-,13+,14+,15+,16+/m0/s1. The van der Waals surface area contributed by atoms with Crippen molar-refractivity contribution in [2.75, 3.05) is 13.2 Å². The van der Waals surface area contributed by atoms with Gasteiger partial charge in [0.05, 0.1) is 6.61 Å². The SMILES string of the molecule is CCOC(=S)S[C@H]1O[C@@H](COC(C)=O)[C@@H](OC(C)=O)[C@@H](OC(C)=O)[C@H]1OC(C)=O. The Morgan fingerprint density at radius 2 is 1.34 bits per heavy atom. The van der Waals surface area contributed by atoms with E-state index in [1.54, 1.807) is 6.92 Å². The Kier molecular flexibility index (Phi) is 10.3. The maximum Gasteiger partial charge on any atom is 0.303 e. The van der Waals surface area contributed by atoms with Crippen LogP contribution in [0.4, 0.5) is 0 Å². The molecule has 29 heavy (non-hydrogen) atoms. The number of thiocarbonyl (C=S) groups is 1. The van der Waals surface area contributed by atoms with E-state index in [0.717, 1.165) is 25.6 Å². The van der Waals surface area contributed by atoms with Crippen molar-refractivity contribution in [3.8, 4) is 0 Å². The van der Waals surface area contributed by atoms with E-state index < -0.39 is 53.7 Å². The van der Waals surface area contributed by atoms with Crippen LogP contribution >= 0.6 is 24.0 Å². The summed E-state index contributed by atoms with van der Waals surface area (Å²) in [6, 6.07) is 0. The molecule has 1 aliphatic heterocycles. The van der Waals surface area contributed by atoms with Crippen molar-refractivity contribution in [1.82, 2.24) is 0 Å². The fraction of sp³-hybridized carbons (Fsp3) is 0.706. The summed E-state index contributed by atoms with van der Waals surface area (Å²) in [6.45, 7) is 6.41. The Bertz CT molecular complexity index is 638. The van der Waals surface area contributed by atoms with Crippen LogP contribution in [0.5, 0.6) is 0 Å². The van der Waals surface area contributed by atoms with E-state index in [2.05, 4.69) is 0 Å². The second-order valence-electron chi connectivity index (χ2n) is 5.87. The highest BCUT2D eigenvalue weighted by Gasteiger charge is 2.52. The van der Waals surface area contributed by atoms with Gasteiger partial charge in [0.1, 0.15) is 12.7 Å². The zero-order chi connectivity index (χ0) is 22.1. The van der Waals surface area contributed by atoms with Crippen molar-refractivity contribution in [2.24, 2.45) is 0 Å². The summed E-state index contributed by atoms with van der Waals surface area (Å²) in [7, 11) is 0. The van der Waals surface area contributed by atoms with E-state index in [-0.39, 0.29) is 11.0 Å². The Morgan fingerprint density at radius 1 is 0.828 bits per heavy atom. The summed E-state index contributed by atoms with van der Waals surface area (Å²) in [4.78, 5) is 46.2. The van der Waals surface area contributed by atoms with E-state index in [1.807, 2.05) is 0 Å². The first-order chi connectivity index (χ1) is 13.5. The molecule has 0 aliphatic carbocycles. The van der Waals surface area contributed by atoms with Crippen LogP contribution in [0.15, 0.2) is 0 Å². The number of hydrogen-bond acceptors (Lipinski definition) is 12. The minimum Gasteiger partial charge on any atom is -0.479 e. The molecule has 0 N–H and O–H groups in total. The number of ether oxygens (including phenoxy) is 6. The fourth-order valence-corrected chi connectivity index (χ4v) is 3.85. The van der Waals surface area contributed by atoms with Crippen molar-refractivity contribution >= 4 is 52.2 Å². The molecule has 1 rings (SSSR count). The molecule has 1 heterocycles. The zero-order valence-corrected chi connectivity index (χ0v) is 18.3. The van der Waals surface area contributed by atoms with Gasteiger partial charge in [-0.25, -0.2) is 0 Å². The lowest BCUT2D eigenvalue weighted by Crippen LogP contribution is -2.61. The van der Waals surface area contributed by atoms with Crippen LogP contribution in [0.3, 0.4) is 0 Å². The largest absolute Gasteiger partial charge is 0.479 e. The fourth-order valence-electron chi connectivity index (χ4n) is 2.53. The van der Waals surface area contributed by atoms with Crippen LogP contribution in [-0.4, -0.2) is 71.3 Å². The molecular weight excluding hydrogens is 428 g/mol. The molecule has 0 aromatic heterocycles. The molecule has 0 unspecified atom stereocenters. The van der Waals surface area contributed by atoms with Gasteiger partial charge in [-0.2, -0.15) is 0 Å². The lowest BCUT2D eigenvalue weighted by atomic mass is 9.99. The van der Waals surface area contributed by atoms with Gasteiger partial charge in [-0.1, -0.05) is 0 Å². The zero-order valence-electron chi connectivity index (χ0n) is 16.7. The normalized spacial score (nSPS) is 26.0. The lowest BCUT2D eigenvalue weighted by molar-refractivity contribution is -0.237. The molecule has 0 aromatic rings. The van der Waals surface area contributed by atoms with Gasteiger partial charge in [-0.3, -0.25) is 19.2 Å². The number of carbonyl (C=O) groups is 4. The van der Waals surface area contributed by atoms with Crippen molar-refractivity contribution < 1.29 is 47.6 Å². The third-order valence-corrected chi connectivity index (χ3v) is 4.75. The van der Waals surface area contributed by atoms with E-state index in [0.29, 0.717) is 6.61 Å². The van der Waals surface area contributed by atoms with Gasteiger partial charge in [0.15, 0.2) is 23.7 Å². The van der Waals surface area contributed by atoms with Crippen LogP contribution in [-0.2, 0) is 47.6 Å². The van der Waals surface area contributed by atoms with E-state index >= 15 is 0 Å². The molecule has 0 bridgehead atoms. The molecule has 1 saturated heterocycles. The first kappa shape index (κ1) is 25.1. The Balaban J connectivity index is 3.29.